The van der Waals surface area contributed by atoms with E-state index in [0.29, 0.717) is 15.2 Å². The van der Waals surface area contributed by atoms with Crippen LogP contribution in [0.25, 0.3) is 0 Å². The molecule has 0 spiro atoms. The number of nitrogens with zero attached hydrogens (tertiary/aromatic N) is 2. The molecule has 0 aliphatic rings. The van der Waals surface area contributed by atoms with E-state index in [1.54, 1.807) is 6.92 Å². The van der Waals surface area contributed by atoms with Gasteiger partial charge in [-0.1, -0.05) is 23.1 Å². The Morgan fingerprint density at radius 2 is 1.85 bits per heavy atom. The Morgan fingerprint density at radius 3 is 2.42 bits per heavy atom. The largest absolute Gasteiger partial charge is 0.573 e. The van der Waals surface area contributed by atoms with Crippen LogP contribution in [0, 0.1) is 0 Å². The predicted molar refractivity (Wildman–Crippen MR) is 94.9 cm³/mol. The highest BCUT2D eigenvalue weighted by Gasteiger charge is 2.30. The van der Waals surface area contributed by atoms with Crippen molar-refractivity contribution in [1.82, 2.24) is 15.5 Å². The number of thioether (sulfide) groups is 1. The second-order valence-electron chi connectivity index (χ2n) is 5.49. The summed E-state index contributed by atoms with van der Waals surface area (Å²) < 4.78 is 40.8. The van der Waals surface area contributed by atoms with E-state index in [9.17, 15) is 18.0 Å². The fourth-order valence-electron chi connectivity index (χ4n) is 1.78. The number of carbonyl (C=O) groups is 1. The number of aromatic nitrogens is 2. The third-order valence-electron chi connectivity index (χ3n) is 2.82. The quantitative estimate of drug-likeness (QED) is 0.672. The molecule has 1 amide bonds. The van der Waals surface area contributed by atoms with E-state index in [-0.39, 0.29) is 22.9 Å². The van der Waals surface area contributed by atoms with Crippen LogP contribution in [0.5, 0.6) is 5.75 Å². The zero-order valence-electron chi connectivity index (χ0n) is 14.1. The topological polar surface area (TPSA) is 76.1 Å². The van der Waals surface area contributed by atoms with Crippen molar-refractivity contribution < 1.29 is 22.7 Å². The lowest BCUT2D eigenvalue weighted by Gasteiger charge is -2.12. The third kappa shape index (κ3) is 6.71. The zero-order valence-corrected chi connectivity index (χ0v) is 15.8. The van der Waals surface area contributed by atoms with Gasteiger partial charge in [-0.25, -0.2) is 0 Å². The van der Waals surface area contributed by atoms with Gasteiger partial charge in [0.05, 0.1) is 5.25 Å². The monoisotopic (exact) mass is 406 g/mol. The van der Waals surface area contributed by atoms with E-state index in [4.69, 9.17) is 0 Å². The van der Waals surface area contributed by atoms with Crippen LogP contribution < -0.4 is 15.4 Å². The van der Waals surface area contributed by atoms with Crippen LogP contribution in [0.15, 0.2) is 28.6 Å². The maximum atomic E-state index is 12.1. The predicted octanol–water partition coefficient (Wildman–Crippen LogP) is 4.19. The summed E-state index contributed by atoms with van der Waals surface area (Å²) in [5.41, 5.74) is 0.540. The van der Waals surface area contributed by atoms with Crippen molar-refractivity contribution in [1.29, 1.82) is 0 Å². The highest BCUT2D eigenvalue weighted by Crippen LogP contribution is 2.31. The molecule has 1 aromatic carbocycles. The van der Waals surface area contributed by atoms with Gasteiger partial charge >= 0.3 is 6.36 Å². The fraction of sp³-hybridized carbons (Fsp3) is 0.400. The molecule has 142 valence electrons. The Morgan fingerprint density at radius 1 is 1.19 bits per heavy atom. The zero-order chi connectivity index (χ0) is 19.3. The lowest BCUT2D eigenvalue weighted by atomic mass is 10.3. The number of ether oxygens (including phenoxy) is 1. The second kappa shape index (κ2) is 8.58. The molecule has 2 N–H and O–H groups in total. The van der Waals surface area contributed by atoms with E-state index in [1.165, 1.54) is 47.4 Å². The number of halogens is 3. The summed E-state index contributed by atoms with van der Waals surface area (Å²) in [4.78, 5) is 11.9. The van der Waals surface area contributed by atoms with Gasteiger partial charge in [-0.05, 0) is 45.0 Å². The first-order valence-corrected chi connectivity index (χ1v) is 9.25. The van der Waals surface area contributed by atoms with Crippen molar-refractivity contribution in [2.45, 2.75) is 42.8 Å². The van der Waals surface area contributed by atoms with Gasteiger partial charge in [0.15, 0.2) is 4.34 Å². The molecule has 2 rings (SSSR count). The lowest BCUT2D eigenvalue weighted by molar-refractivity contribution is -0.274. The molecule has 1 heterocycles. The van der Waals surface area contributed by atoms with Gasteiger partial charge in [-0.15, -0.1) is 23.4 Å². The van der Waals surface area contributed by atoms with Crippen molar-refractivity contribution in [2.24, 2.45) is 0 Å². The second-order valence-corrected chi connectivity index (χ2v) is 8.06. The molecule has 0 fully saturated rings. The van der Waals surface area contributed by atoms with Crippen molar-refractivity contribution in [3.05, 3.63) is 24.3 Å². The summed E-state index contributed by atoms with van der Waals surface area (Å²) in [6, 6.07) is 5.33. The average molecular weight is 406 g/mol. The van der Waals surface area contributed by atoms with Crippen LogP contribution in [0.2, 0.25) is 0 Å². The Hall–Kier alpha value is -2.01. The summed E-state index contributed by atoms with van der Waals surface area (Å²) in [7, 11) is 0. The van der Waals surface area contributed by atoms with Gasteiger partial charge < -0.3 is 15.4 Å². The minimum Gasteiger partial charge on any atom is -0.406 e. The lowest BCUT2D eigenvalue weighted by Crippen LogP contribution is -2.35. The molecular formula is C15H17F3N4O2S2. The van der Waals surface area contributed by atoms with Gasteiger partial charge in [0, 0.05) is 11.7 Å². The summed E-state index contributed by atoms with van der Waals surface area (Å²) in [6.45, 7) is 5.54. The molecule has 1 aromatic heterocycles. The number of carbonyl (C=O) groups excluding carboxylic acids is 1. The molecule has 6 nitrogen and oxygen atoms in total. The molecule has 0 aliphatic carbocycles. The van der Waals surface area contributed by atoms with Crippen molar-refractivity contribution >= 4 is 39.8 Å². The van der Waals surface area contributed by atoms with E-state index in [1.807, 2.05) is 13.8 Å². The van der Waals surface area contributed by atoms with Gasteiger partial charge in [0.1, 0.15) is 5.75 Å². The summed E-state index contributed by atoms with van der Waals surface area (Å²) >= 11 is 2.53. The van der Waals surface area contributed by atoms with E-state index in [2.05, 4.69) is 25.6 Å². The van der Waals surface area contributed by atoms with E-state index >= 15 is 0 Å². The van der Waals surface area contributed by atoms with Crippen LogP contribution >= 0.6 is 23.1 Å². The SMILES string of the molecule is CC(C)NC(=O)[C@H](C)Sc1nnc(Nc2ccc(OC(F)(F)F)cc2)s1. The molecule has 26 heavy (non-hydrogen) atoms. The molecule has 0 unspecified atom stereocenters. The Kier molecular flexibility index (Phi) is 6.70. The molecule has 1 atom stereocenters. The standard InChI is InChI=1S/C15H17F3N4O2S2/c1-8(2)19-12(23)9(3)25-14-22-21-13(26-14)20-10-4-6-11(7-5-10)24-15(16,17)18/h4-9H,1-3H3,(H,19,23)(H,20,21)/t9-/m0/s1. The number of alkyl halides is 3. The third-order valence-corrected chi connectivity index (χ3v) is 4.85. The van der Waals surface area contributed by atoms with Crippen molar-refractivity contribution in [2.75, 3.05) is 5.32 Å². The number of rotatable bonds is 7. The highest BCUT2D eigenvalue weighted by atomic mass is 32.2. The number of amides is 1. The fourth-order valence-corrected chi connectivity index (χ4v) is 3.70. The average Bonchev–Trinajstić information content (AvgIpc) is 2.94. The maximum Gasteiger partial charge on any atom is 0.573 e. The molecule has 0 saturated heterocycles. The van der Waals surface area contributed by atoms with Crippen LogP contribution in [0.1, 0.15) is 20.8 Å². The Bertz CT molecular complexity index is 735. The smallest absolute Gasteiger partial charge is 0.406 e. The molecule has 11 heteroatoms. The number of hydrogen-bond acceptors (Lipinski definition) is 7. The van der Waals surface area contributed by atoms with Gasteiger partial charge in [-0.2, -0.15) is 0 Å². The summed E-state index contributed by atoms with van der Waals surface area (Å²) in [5.74, 6) is -0.392. The first-order valence-electron chi connectivity index (χ1n) is 7.56. The molecular weight excluding hydrogens is 389 g/mol. The number of nitrogens with one attached hydrogen (secondary N) is 2. The van der Waals surface area contributed by atoms with Gasteiger partial charge in [0.2, 0.25) is 11.0 Å². The molecule has 2 aromatic rings. The van der Waals surface area contributed by atoms with Gasteiger partial charge in [0.25, 0.3) is 0 Å². The minimum atomic E-state index is -4.72. The summed E-state index contributed by atoms with van der Waals surface area (Å²) in [5, 5.41) is 13.9. The number of benzene rings is 1. The molecule has 0 bridgehead atoms. The summed E-state index contributed by atoms with van der Waals surface area (Å²) in [6.07, 6.45) is -4.72. The van der Waals surface area contributed by atoms with Crippen LogP contribution in [0.4, 0.5) is 24.0 Å². The van der Waals surface area contributed by atoms with Crippen LogP contribution in [-0.2, 0) is 4.79 Å². The minimum absolute atomic E-state index is 0.0569. The number of hydrogen-bond donors (Lipinski definition) is 2. The van der Waals surface area contributed by atoms with Gasteiger partial charge in [-0.3, -0.25) is 4.79 Å². The molecule has 0 radical (unpaired) electrons. The first kappa shape index (κ1) is 20.3. The van der Waals surface area contributed by atoms with Crippen molar-refractivity contribution in [3.63, 3.8) is 0 Å². The number of anilines is 2. The Labute approximate surface area is 156 Å². The normalized spacial score (nSPS) is 12.7. The van der Waals surface area contributed by atoms with E-state index < -0.39 is 6.36 Å². The van der Waals surface area contributed by atoms with E-state index in [0.717, 1.165) is 0 Å². The van der Waals surface area contributed by atoms with Crippen molar-refractivity contribution in [3.8, 4) is 5.75 Å². The highest BCUT2D eigenvalue weighted by molar-refractivity contribution is 8.02. The maximum absolute atomic E-state index is 12.1. The Balaban J connectivity index is 1.92. The first-order chi connectivity index (χ1) is 12.1. The molecule has 0 saturated carbocycles. The van der Waals surface area contributed by atoms with Crippen LogP contribution in [-0.4, -0.2) is 33.8 Å². The van der Waals surface area contributed by atoms with Crippen LogP contribution in [0.3, 0.4) is 0 Å². The molecule has 0 aliphatic heterocycles.